The zero-order valence-electron chi connectivity index (χ0n) is 14.4. The zero-order chi connectivity index (χ0) is 15.5. The molecule has 0 N–H and O–H groups in total. The van der Waals surface area contributed by atoms with Crippen molar-refractivity contribution in [3.63, 3.8) is 0 Å². The van der Waals surface area contributed by atoms with Gasteiger partial charge in [0.1, 0.15) is 0 Å². The van der Waals surface area contributed by atoms with E-state index in [0.717, 1.165) is 37.3 Å². The molecule has 0 unspecified atom stereocenters. The lowest BCUT2D eigenvalue weighted by atomic mass is 10.1. The molecule has 0 atom stereocenters. The van der Waals surface area contributed by atoms with Crippen LogP contribution in [-0.2, 0) is 12.8 Å². The van der Waals surface area contributed by atoms with E-state index in [4.69, 9.17) is 0 Å². The molecule has 0 amide bonds. The third-order valence-corrected chi connectivity index (χ3v) is 3.99. The topological polar surface area (TPSA) is 41.9 Å². The second kappa shape index (κ2) is 10.5. The van der Waals surface area contributed by atoms with E-state index in [1.54, 1.807) is 0 Å². The fourth-order valence-electron chi connectivity index (χ4n) is 2.72. The fraction of sp³-hybridized carbons (Fsp3) is 0.824. The molecule has 120 valence electrons. The Morgan fingerprint density at radius 1 is 0.714 bits per heavy atom. The molecule has 0 fully saturated rings. The number of aromatic nitrogens is 3. The fourth-order valence-corrected chi connectivity index (χ4v) is 2.72. The van der Waals surface area contributed by atoms with Crippen LogP contribution in [0.1, 0.15) is 77.6 Å². The minimum Gasteiger partial charge on any atom is -0.369 e. The van der Waals surface area contributed by atoms with E-state index in [9.17, 15) is 0 Å². The van der Waals surface area contributed by atoms with Gasteiger partial charge in [-0.15, -0.1) is 10.2 Å². The Hall–Kier alpha value is -1.19. The van der Waals surface area contributed by atoms with Crippen LogP contribution in [0.3, 0.4) is 0 Å². The Morgan fingerprint density at radius 2 is 1.19 bits per heavy atom. The van der Waals surface area contributed by atoms with Crippen LogP contribution in [0, 0.1) is 0 Å². The lowest BCUT2D eigenvalue weighted by Gasteiger charge is -2.25. The maximum absolute atomic E-state index is 4.35. The van der Waals surface area contributed by atoms with Crippen LogP contribution < -0.4 is 4.90 Å². The van der Waals surface area contributed by atoms with Crippen LogP contribution in [-0.4, -0.2) is 28.5 Å². The predicted octanol–water partition coefficient (Wildman–Crippen LogP) is 4.18. The highest BCUT2D eigenvalue weighted by atomic mass is 15.3. The number of aryl methyl sites for hydroxylation is 2. The summed E-state index contributed by atoms with van der Waals surface area (Å²) >= 11 is 0. The van der Waals surface area contributed by atoms with Gasteiger partial charge in [0.2, 0.25) is 0 Å². The summed E-state index contributed by atoms with van der Waals surface area (Å²) in [6.45, 7) is 10.9. The average Bonchev–Trinajstić information content (AvgIpc) is 2.51. The summed E-state index contributed by atoms with van der Waals surface area (Å²) in [5.74, 6) is 0. The molecular weight excluding hydrogens is 260 g/mol. The summed E-state index contributed by atoms with van der Waals surface area (Å²) in [7, 11) is 0. The number of anilines is 1. The molecular formula is C17H32N4. The number of unbranched alkanes of at least 4 members (excludes halogenated alkanes) is 4. The molecule has 0 spiro atoms. The molecule has 0 aliphatic carbocycles. The first-order chi connectivity index (χ1) is 10.3. The van der Waals surface area contributed by atoms with Crippen LogP contribution in [0.25, 0.3) is 0 Å². The molecule has 0 radical (unpaired) electrons. The van der Waals surface area contributed by atoms with Gasteiger partial charge in [-0.1, -0.05) is 39.5 Å². The summed E-state index contributed by atoms with van der Waals surface area (Å²) in [6.07, 6.45) is 9.42. The summed E-state index contributed by atoms with van der Waals surface area (Å²) in [5.41, 5.74) is 3.56. The molecule has 4 nitrogen and oxygen atoms in total. The average molecular weight is 292 g/mol. The first kappa shape index (κ1) is 17.9. The monoisotopic (exact) mass is 292 g/mol. The molecule has 0 saturated heterocycles. The van der Waals surface area contributed by atoms with Crippen LogP contribution in [0.4, 0.5) is 5.69 Å². The summed E-state index contributed by atoms with van der Waals surface area (Å²) < 4.78 is 0. The normalized spacial score (nSPS) is 10.9. The Bertz CT molecular complexity index is 360. The third kappa shape index (κ3) is 5.60. The molecule has 1 heterocycles. The van der Waals surface area contributed by atoms with Gasteiger partial charge in [0.15, 0.2) is 0 Å². The van der Waals surface area contributed by atoms with Crippen molar-refractivity contribution in [2.75, 3.05) is 18.0 Å². The largest absolute Gasteiger partial charge is 0.369 e. The standard InChI is InChI=1S/C17H32N4/c1-5-9-11-13-15-17(21(7-3)8-4)16(19-20-18-15)14-12-10-6-2/h5-14H2,1-4H3. The minimum atomic E-state index is 1.01. The van der Waals surface area contributed by atoms with Crippen LogP contribution >= 0.6 is 0 Å². The van der Waals surface area contributed by atoms with Gasteiger partial charge >= 0.3 is 0 Å². The van der Waals surface area contributed by atoms with E-state index in [1.165, 1.54) is 44.2 Å². The number of hydrogen-bond acceptors (Lipinski definition) is 4. The summed E-state index contributed by atoms with van der Waals surface area (Å²) in [4.78, 5) is 2.39. The number of hydrogen-bond donors (Lipinski definition) is 0. The van der Waals surface area contributed by atoms with E-state index in [1.807, 2.05) is 0 Å². The van der Waals surface area contributed by atoms with Gasteiger partial charge < -0.3 is 4.90 Å². The van der Waals surface area contributed by atoms with Crippen molar-refractivity contribution in [2.24, 2.45) is 0 Å². The van der Waals surface area contributed by atoms with Crippen LogP contribution in [0.15, 0.2) is 0 Å². The molecule has 1 aromatic rings. The molecule has 21 heavy (non-hydrogen) atoms. The number of nitrogens with zero attached hydrogens (tertiary/aromatic N) is 4. The molecule has 0 aliphatic rings. The molecule has 0 aromatic carbocycles. The second-order valence-corrected chi connectivity index (χ2v) is 5.62. The highest BCUT2D eigenvalue weighted by Crippen LogP contribution is 2.25. The van der Waals surface area contributed by atoms with Crippen molar-refractivity contribution in [1.82, 2.24) is 15.4 Å². The van der Waals surface area contributed by atoms with Gasteiger partial charge in [0.05, 0.1) is 17.1 Å². The third-order valence-electron chi connectivity index (χ3n) is 3.99. The smallest absolute Gasteiger partial charge is 0.0901 e. The predicted molar refractivity (Wildman–Crippen MR) is 89.8 cm³/mol. The Labute approximate surface area is 130 Å². The van der Waals surface area contributed by atoms with E-state index in [-0.39, 0.29) is 0 Å². The van der Waals surface area contributed by atoms with Gasteiger partial charge in [-0.3, -0.25) is 0 Å². The minimum absolute atomic E-state index is 1.01. The number of rotatable bonds is 11. The van der Waals surface area contributed by atoms with Gasteiger partial charge in [-0.2, -0.15) is 0 Å². The van der Waals surface area contributed by atoms with E-state index in [0.29, 0.717) is 0 Å². The van der Waals surface area contributed by atoms with Gasteiger partial charge in [0.25, 0.3) is 0 Å². The second-order valence-electron chi connectivity index (χ2n) is 5.62. The van der Waals surface area contributed by atoms with Crippen LogP contribution in [0.2, 0.25) is 0 Å². The summed E-state index contributed by atoms with van der Waals surface area (Å²) in [6, 6.07) is 0. The van der Waals surface area contributed by atoms with Crippen molar-refractivity contribution in [1.29, 1.82) is 0 Å². The van der Waals surface area contributed by atoms with Gasteiger partial charge in [0, 0.05) is 13.1 Å². The zero-order valence-corrected chi connectivity index (χ0v) is 14.4. The highest BCUT2D eigenvalue weighted by Gasteiger charge is 2.16. The maximum Gasteiger partial charge on any atom is 0.0901 e. The molecule has 1 aromatic heterocycles. The van der Waals surface area contributed by atoms with Crippen LogP contribution in [0.5, 0.6) is 0 Å². The highest BCUT2D eigenvalue weighted by molar-refractivity contribution is 5.54. The lowest BCUT2D eigenvalue weighted by molar-refractivity contribution is 0.653. The Morgan fingerprint density at radius 3 is 1.57 bits per heavy atom. The lowest BCUT2D eigenvalue weighted by Crippen LogP contribution is -2.26. The van der Waals surface area contributed by atoms with Gasteiger partial charge in [-0.25, -0.2) is 0 Å². The quantitative estimate of drug-likeness (QED) is 0.574. The van der Waals surface area contributed by atoms with Crippen molar-refractivity contribution >= 4 is 5.69 Å². The molecule has 4 heteroatoms. The molecule has 1 rings (SSSR count). The van der Waals surface area contributed by atoms with Crippen molar-refractivity contribution in [3.8, 4) is 0 Å². The summed E-state index contributed by atoms with van der Waals surface area (Å²) in [5, 5.41) is 12.7. The van der Waals surface area contributed by atoms with Crippen molar-refractivity contribution < 1.29 is 0 Å². The molecule has 0 bridgehead atoms. The first-order valence-corrected chi connectivity index (χ1v) is 8.74. The Balaban J connectivity index is 2.96. The first-order valence-electron chi connectivity index (χ1n) is 8.74. The van der Waals surface area contributed by atoms with Gasteiger partial charge in [-0.05, 0) is 44.7 Å². The van der Waals surface area contributed by atoms with E-state index >= 15 is 0 Å². The Kier molecular flexibility index (Phi) is 8.95. The maximum atomic E-state index is 4.35. The molecule has 0 aliphatic heterocycles. The molecule has 0 saturated carbocycles. The van der Waals surface area contributed by atoms with Crippen molar-refractivity contribution in [2.45, 2.75) is 79.1 Å². The SMILES string of the molecule is CCCCCc1nnnc(CCCCC)c1N(CC)CC. The van der Waals surface area contributed by atoms with E-state index < -0.39 is 0 Å². The van der Waals surface area contributed by atoms with Crippen molar-refractivity contribution in [3.05, 3.63) is 11.4 Å². The van der Waals surface area contributed by atoms with E-state index in [2.05, 4.69) is 48.0 Å².